The van der Waals surface area contributed by atoms with Gasteiger partial charge in [0.25, 0.3) is 0 Å². The fourth-order valence-electron chi connectivity index (χ4n) is 27.6. The summed E-state index contributed by atoms with van der Waals surface area (Å²) < 4.78 is 0. The summed E-state index contributed by atoms with van der Waals surface area (Å²) in [6.45, 7) is 67.2. The third-order valence-corrected chi connectivity index (χ3v) is 30.2. The summed E-state index contributed by atoms with van der Waals surface area (Å²) in [5.41, 5.74) is 3.10. The summed E-state index contributed by atoms with van der Waals surface area (Å²) in [5, 5.41) is 0. The highest BCUT2D eigenvalue weighted by atomic mass is 14.5. The van der Waals surface area contributed by atoms with Gasteiger partial charge >= 0.3 is 0 Å². The minimum Gasteiger partial charge on any atom is -0.0654 e. The first-order valence-corrected chi connectivity index (χ1v) is 57.6. The molecule has 0 saturated heterocycles. The van der Waals surface area contributed by atoms with Crippen LogP contribution in [0.2, 0.25) is 0 Å². The van der Waals surface area contributed by atoms with Gasteiger partial charge in [0.15, 0.2) is 0 Å². The van der Waals surface area contributed by atoms with Crippen molar-refractivity contribution in [3.05, 3.63) is 0 Å². The van der Waals surface area contributed by atoms with Gasteiger partial charge in [0.2, 0.25) is 0 Å². The maximum atomic E-state index is 2.74. The summed E-state index contributed by atoms with van der Waals surface area (Å²) in [4.78, 5) is 0. The summed E-state index contributed by atoms with van der Waals surface area (Å²) in [7, 11) is 0. The Morgan fingerprint density at radius 2 is 0.287 bits per heavy atom. The third kappa shape index (κ3) is 80.8. The predicted octanol–water partition coefficient (Wildman–Crippen LogP) is 45.8. The molecule has 122 heavy (non-hydrogen) atoms. The number of hydrogen-bond donors (Lipinski definition) is 0. The summed E-state index contributed by atoms with van der Waals surface area (Å²) in [5.74, 6) is 3.35. The maximum absolute atomic E-state index is 2.74. The molecule has 0 saturated carbocycles. The molecule has 0 aliphatic heterocycles. The zero-order valence-corrected chi connectivity index (χ0v) is 91.3. The Bertz CT molecular complexity index is 2190. The van der Waals surface area contributed by atoms with E-state index in [9.17, 15) is 0 Å². The van der Waals surface area contributed by atoms with Crippen molar-refractivity contribution in [1.29, 1.82) is 0 Å². The SMILES string of the molecule is CCCCCCCCCCCCCCCCCCCCCCCCCCC(C)C(CC(C)CCCCCCCCCCCCCCCCCCCCCCCCCCCCCCCC(C)CCCCCCCCCCCCCCCCC)C(C)(C)CC(C)(C)CC(C)(C)CC(C)(C)CC(C)(C)CC(C)(C)CC(C)(C)CC(C)(C)CC(C)(C)CC(C)(C)C. The van der Waals surface area contributed by atoms with Crippen LogP contribution in [0.1, 0.15) is 707 Å². The van der Waals surface area contributed by atoms with Gasteiger partial charge in [0.1, 0.15) is 0 Å². The number of hydrogen-bond acceptors (Lipinski definition) is 0. The Morgan fingerprint density at radius 1 is 0.148 bits per heavy atom. The van der Waals surface area contributed by atoms with Gasteiger partial charge < -0.3 is 0 Å². The van der Waals surface area contributed by atoms with E-state index in [0.29, 0.717) is 32.5 Å². The number of rotatable bonds is 94. The Hall–Kier alpha value is 0. The van der Waals surface area contributed by atoms with Crippen LogP contribution in [0.5, 0.6) is 0 Å². The fraction of sp³-hybridized carbons (Fsp3) is 1.00. The van der Waals surface area contributed by atoms with Crippen molar-refractivity contribution in [1.82, 2.24) is 0 Å². The zero-order chi connectivity index (χ0) is 91.3. The molecule has 0 aromatic rings. The molecule has 4 atom stereocenters. The molecule has 0 aliphatic carbocycles. The van der Waals surface area contributed by atoms with E-state index in [1.165, 1.54) is 527 Å². The van der Waals surface area contributed by atoms with Gasteiger partial charge in [-0.3, -0.25) is 0 Å². The lowest BCUT2D eigenvalue weighted by molar-refractivity contribution is 0.0224. The van der Waals surface area contributed by atoms with Crippen molar-refractivity contribution in [2.75, 3.05) is 0 Å². The van der Waals surface area contributed by atoms with E-state index in [4.69, 9.17) is 0 Å². The van der Waals surface area contributed by atoms with Crippen LogP contribution in [0, 0.1) is 77.8 Å². The highest BCUT2D eigenvalue weighted by Crippen LogP contribution is 2.56. The van der Waals surface area contributed by atoms with Crippen molar-refractivity contribution in [3.63, 3.8) is 0 Å². The van der Waals surface area contributed by atoms with E-state index >= 15 is 0 Å². The zero-order valence-electron chi connectivity index (χ0n) is 91.3. The summed E-state index contributed by atoms with van der Waals surface area (Å²) in [6, 6.07) is 0. The largest absolute Gasteiger partial charge is 0.0654 e. The van der Waals surface area contributed by atoms with E-state index in [2.05, 4.69) is 180 Å². The molecule has 0 fully saturated rings. The van der Waals surface area contributed by atoms with Crippen LogP contribution in [-0.2, 0) is 0 Å². The minimum atomic E-state index is 0.282. The lowest BCUT2D eigenvalue weighted by Crippen LogP contribution is -2.38. The number of unbranched alkanes of at least 4 members (excludes halogenated alkanes) is 65. The summed E-state index contributed by atoms with van der Waals surface area (Å²) in [6.07, 6.45) is 119. The first-order chi connectivity index (χ1) is 57.6. The normalized spacial score (nSPS) is 14.4. The topological polar surface area (TPSA) is 0 Å². The first kappa shape index (κ1) is 122. The minimum absolute atomic E-state index is 0.282. The first-order valence-electron chi connectivity index (χ1n) is 57.6. The van der Waals surface area contributed by atoms with Crippen LogP contribution in [0.3, 0.4) is 0 Å². The van der Waals surface area contributed by atoms with Crippen LogP contribution in [0.4, 0.5) is 0 Å². The Morgan fingerprint density at radius 3 is 0.459 bits per heavy atom. The van der Waals surface area contributed by atoms with Gasteiger partial charge in [0, 0.05) is 0 Å². The van der Waals surface area contributed by atoms with Crippen molar-refractivity contribution >= 4 is 0 Å². The molecule has 0 heteroatoms. The lowest BCUT2D eigenvalue weighted by atomic mass is 9.57. The fourth-order valence-corrected chi connectivity index (χ4v) is 27.6. The van der Waals surface area contributed by atoms with Crippen LogP contribution < -0.4 is 0 Å². The second kappa shape index (κ2) is 73.5. The van der Waals surface area contributed by atoms with Gasteiger partial charge in [-0.2, -0.15) is 0 Å². The molecule has 0 aromatic heterocycles. The Balaban J connectivity index is 4.83. The lowest BCUT2D eigenvalue weighted by Gasteiger charge is -2.48. The van der Waals surface area contributed by atoms with Crippen LogP contribution in [-0.4, -0.2) is 0 Å². The molecule has 0 nitrogen and oxygen atoms in total. The third-order valence-electron chi connectivity index (χ3n) is 30.2. The Labute approximate surface area is 779 Å². The smallest absolute Gasteiger partial charge is 0.0318 e. The van der Waals surface area contributed by atoms with E-state index in [0.717, 1.165) is 23.7 Å². The molecule has 0 aromatic carbocycles. The van der Waals surface area contributed by atoms with E-state index in [-0.39, 0.29) is 21.7 Å². The Kier molecular flexibility index (Phi) is 73.5. The highest BCUT2D eigenvalue weighted by Gasteiger charge is 2.44. The average molecular weight is 1710 g/mol. The van der Waals surface area contributed by atoms with Crippen molar-refractivity contribution in [2.24, 2.45) is 77.8 Å². The van der Waals surface area contributed by atoms with Crippen molar-refractivity contribution < 1.29 is 0 Å². The monoisotopic (exact) mass is 1710 g/mol. The molecule has 0 aliphatic rings. The molecule has 0 amide bonds. The molecule has 0 rings (SSSR count). The molecule has 734 valence electrons. The van der Waals surface area contributed by atoms with Crippen molar-refractivity contribution in [2.45, 2.75) is 707 Å². The van der Waals surface area contributed by atoms with Crippen LogP contribution in [0.25, 0.3) is 0 Å². The standard InChI is InChI=1S/C122H246/c1-27-29-31-33-35-37-39-41-43-44-45-46-47-57-60-63-66-70-74-78-82-86-90-94-98-111(5)112(122(25,26)108-121(23,24)107-120(21,22)106-119(19,20)105-118(17,18)104-117(15,16)103-116(13,14)102-115(11,12)101-114(9,10)100-113(6,7)8)99-110(4)97-93-89-85-81-77-73-69-65-62-59-56-54-52-50-48-49-51-53-55-58-61-64-68-72-76-80-84-88-92-96-109(3)95-91-87-83-79-75-71-67-42-40-38-36-34-32-30-28-2/h109-112H,27-108H2,1-26H3. The van der Waals surface area contributed by atoms with E-state index < -0.39 is 0 Å². The van der Waals surface area contributed by atoms with Gasteiger partial charge in [-0.1, -0.05) is 642 Å². The molecule has 4 unspecified atom stereocenters. The molecule has 0 radical (unpaired) electrons. The van der Waals surface area contributed by atoms with Crippen molar-refractivity contribution in [3.8, 4) is 0 Å². The van der Waals surface area contributed by atoms with E-state index in [1.54, 1.807) is 0 Å². The highest BCUT2D eigenvalue weighted by molar-refractivity contribution is 4.95. The second-order valence-corrected chi connectivity index (χ2v) is 53.0. The van der Waals surface area contributed by atoms with Crippen LogP contribution in [0.15, 0.2) is 0 Å². The van der Waals surface area contributed by atoms with Gasteiger partial charge in [-0.25, -0.2) is 0 Å². The quantitative estimate of drug-likeness (QED) is 0.0533. The predicted molar refractivity (Wildman–Crippen MR) is 564 cm³/mol. The summed E-state index contributed by atoms with van der Waals surface area (Å²) >= 11 is 0. The average Bonchev–Trinajstić information content (AvgIpc) is 0.788. The van der Waals surface area contributed by atoms with Crippen LogP contribution >= 0.6 is 0 Å². The van der Waals surface area contributed by atoms with Gasteiger partial charge in [-0.05, 0) is 142 Å². The van der Waals surface area contributed by atoms with Gasteiger partial charge in [-0.15, -0.1) is 0 Å². The molecule has 0 N–H and O–H groups in total. The maximum Gasteiger partial charge on any atom is -0.0318 e. The second-order valence-electron chi connectivity index (χ2n) is 53.0. The molecule has 0 heterocycles. The molecular weight excluding hydrogens is 1470 g/mol. The molecule has 0 spiro atoms. The molecular formula is C122H246. The molecule has 0 bridgehead atoms. The van der Waals surface area contributed by atoms with E-state index in [1.807, 2.05) is 0 Å². The van der Waals surface area contributed by atoms with Gasteiger partial charge in [0.05, 0.1) is 0 Å².